The summed E-state index contributed by atoms with van der Waals surface area (Å²) in [4.78, 5) is 17.5. The van der Waals surface area contributed by atoms with Crippen LogP contribution in [0, 0.1) is 0 Å². The molecule has 2 N–H and O–H groups in total. The maximum Gasteiger partial charge on any atom is 0.354 e. The van der Waals surface area contributed by atoms with Crippen molar-refractivity contribution in [2.45, 2.75) is 6.92 Å². The largest absolute Gasteiger partial charge is 0.477 e. The second kappa shape index (κ2) is 6.34. The van der Waals surface area contributed by atoms with E-state index in [0.717, 1.165) is 30.4 Å². The summed E-state index contributed by atoms with van der Waals surface area (Å²) in [5.74, 6) is -0.380. The molecule has 0 aliphatic rings. The zero-order valence-electron chi connectivity index (χ0n) is 11.8. The lowest BCUT2D eigenvalue weighted by atomic mass is 10.1. The number of pyridine rings is 1. The molecule has 0 spiro atoms. The van der Waals surface area contributed by atoms with E-state index in [9.17, 15) is 4.79 Å². The predicted molar refractivity (Wildman–Crippen MR) is 80.4 cm³/mol. The minimum atomic E-state index is -1.01. The number of aromatic carboxylic acids is 1. The van der Waals surface area contributed by atoms with E-state index >= 15 is 0 Å². The summed E-state index contributed by atoms with van der Waals surface area (Å²) in [6, 6.07) is 9.25. The number of rotatable bonds is 6. The maximum absolute atomic E-state index is 11.1. The van der Waals surface area contributed by atoms with Gasteiger partial charge in [-0.3, -0.25) is 0 Å². The summed E-state index contributed by atoms with van der Waals surface area (Å²) < 4.78 is 0. The van der Waals surface area contributed by atoms with Gasteiger partial charge in [0, 0.05) is 18.5 Å². The normalized spacial score (nSPS) is 10.9. The third-order valence-corrected chi connectivity index (χ3v) is 3.29. The van der Waals surface area contributed by atoms with Gasteiger partial charge in [0.25, 0.3) is 0 Å². The summed E-state index contributed by atoms with van der Waals surface area (Å²) in [5, 5.41) is 14.2. The van der Waals surface area contributed by atoms with Gasteiger partial charge in [0.05, 0.1) is 0 Å². The highest BCUT2D eigenvalue weighted by Gasteiger charge is 2.10. The van der Waals surface area contributed by atoms with Gasteiger partial charge < -0.3 is 15.3 Å². The van der Waals surface area contributed by atoms with E-state index in [2.05, 4.69) is 22.1 Å². The predicted octanol–water partition coefficient (Wildman–Crippen LogP) is 2.30. The van der Waals surface area contributed by atoms with Gasteiger partial charge in [-0.1, -0.05) is 31.2 Å². The van der Waals surface area contributed by atoms with Crippen molar-refractivity contribution in [3.05, 3.63) is 36.0 Å². The number of benzene rings is 1. The smallest absolute Gasteiger partial charge is 0.354 e. The first-order chi connectivity index (χ1) is 9.61. The van der Waals surface area contributed by atoms with Crippen molar-refractivity contribution in [3.63, 3.8) is 0 Å². The Morgan fingerprint density at radius 2 is 2.15 bits per heavy atom. The monoisotopic (exact) mass is 273 g/mol. The van der Waals surface area contributed by atoms with Crippen molar-refractivity contribution in [1.29, 1.82) is 0 Å². The van der Waals surface area contributed by atoms with E-state index in [1.54, 1.807) is 6.07 Å². The molecule has 1 aromatic heterocycles. The van der Waals surface area contributed by atoms with E-state index in [0.29, 0.717) is 5.82 Å². The molecule has 2 rings (SSSR count). The van der Waals surface area contributed by atoms with E-state index < -0.39 is 5.97 Å². The summed E-state index contributed by atoms with van der Waals surface area (Å²) in [6.45, 7) is 4.68. The topological polar surface area (TPSA) is 65.5 Å². The average Bonchev–Trinajstić information content (AvgIpc) is 2.46. The minimum Gasteiger partial charge on any atom is -0.477 e. The quantitative estimate of drug-likeness (QED) is 0.845. The molecule has 0 saturated heterocycles. The Kier molecular flexibility index (Phi) is 4.53. The Labute approximate surface area is 118 Å². The van der Waals surface area contributed by atoms with E-state index in [1.165, 1.54) is 0 Å². The SMILES string of the molecule is CCN(C)CCNc1nc(C(=O)O)cc2ccccc12. The number of carbonyl (C=O) groups is 1. The first-order valence-electron chi connectivity index (χ1n) is 6.67. The van der Waals surface area contributed by atoms with Crippen LogP contribution in [0.15, 0.2) is 30.3 Å². The third kappa shape index (κ3) is 3.24. The van der Waals surface area contributed by atoms with Crippen LogP contribution in [0.25, 0.3) is 10.8 Å². The van der Waals surface area contributed by atoms with Crippen molar-refractivity contribution in [2.75, 3.05) is 32.0 Å². The Bertz CT molecular complexity index is 613. The lowest BCUT2D eigenvalue weighted by Gasteiger charge is -2.15. The number of nitrogens with zero attached hydrogens (tertiary/aromatic N) is 2. The van der Waals surface area contributed by atoms with Gasteiger partial charge >= 0.3 is 5.97 Å². The molecule has 1 heterocycles. The van der Waals surface area contributed by atoms with Crippen molar-refractivity contribution in [1.82, 2.24) is 9.88 Å². The molecular formula is C15H19N3O2. The van der Waals surface area contributed by atoms with Crippen LogP contribution >= 0.6 is 0 Å². The number of aromatic nitrogens is 1. The van der Waals surface area contributed by atoms with Crippen LogP contribution in [-0.4, -0.2) is 47.6 Å². The highest BCUT2D eigenvalue weighted by molar-refractivity contribution is 5.97. The standard InChI is InChI=1S/C15H19N3O2/c1-3-18(2)9-8-16-14-12-7-5-4-6-11(12)10-13(17-14)15(19)20/h4-7,10H,3,8-9H2,1-2H3,(H,16,17)(H,19,20). The molecule has 0 saturated carbocycles. The summed E-state index contributed by atoms with van der Waals surface area (Å²) >= 11 is 0. The first-order valence-corrected chi connectivity index (χ1v) is 6.67. The summed E-state index contributed by atoms with van der Waals surface area (Å²) in [7, 11) is 2.04. The van der Waals surface area contributed by atoms with Gasteiger partial charge in [0.2, 0.25) is 0 Å². The zero-order valence-corrected chi connectivity index (χ0v) is 11.8. The fourth-order valence-corrected chi connectivity index (χ4v) is 1.97. The molecule has 20 heavy (non-hydrogen) atoms. The molecule has 5 nitrogen and oxygen atoms in total. The van der Waals surface area contributed by atoms with Crippen LogP contribution in [-0.2, 0) is 0 Å². The maximum atomic E-state index is 11.1. The number of anilines is 1. The highest BCUT2D eigenvalue weighted by atomic mass is 16.4. The van der Waals surface area contributed by atoms with Gasteiger partial charge in [0.1, 0.15) is 5.82 Å². The number of carboxylic acid groups (broad SMARTS) is 1. The Morgan fingerprint density at radius 3 is 2.85 bits per heavy atom. The lowest BCUT2D eigenvalue weighted by Crippen LogP contribution is -2.25. The van der Waals surface area contributed by atoms with Gasteiger partial charge in [-0.05, 0) is 25.0 Å². The number of carboxylic acids is 1. The van der Waals surface area contributed by atoms with Gasteiger partial charge in [-0.25, -0.2) is 9.78 Å². The molecule has 0 atom stereocenters. The van der Waals surface area contributed by atoms with Crippen LogP contribution in [0.5, 0.6) is 0 Å². The molecule has 0 radical (unpaired) electrons. The second-order valence-corrected chi connectivity index (χ2v) is 4.71. The molecule has 0 bridgehead atoms. The van der Waals surface area contributed by atoms with Gasteiger partial charge in [-0.2, -0.15) is 0 Å². The van der Waals surface area contributed by atoms with E-state index in [1.807, 2.05) is 31.3 Å². The van der Waals surface area contributed by atoms with Crippen LogP contribution in [0.3, 0.4) is 0 Å². The molecule has 106 valence electrons. The molecular weight excluding hydrogens is 254 g/mol. The van der Waals surface area contributed by atoms with Crippen LogP contribution in [0.2, 0.25) is 0 Å². The number of likely N-dealkylation sites (N-methyl/N-ethyl adjacent to an activating group) is 1. The summed E-state index contributed by atoms with van der Waals surface area (Å²) in [5.41, 5.74) is 0.0649. The molecule has 0 fully saturated rings. The number of hydrogen-bond donors (Lipinski definition) is 2. The van der Waals surface area contributed by atoms with Crippen molar-refractivity contribution < 1.29 is 9.90 Å². The number of fused-ring (bicyclic) bond motifs is 1. The third-order valence-electron chi connectivity index (χ3n) is 3.29. The zero-order chi connectivity index (χ0) is 14.5. The fourth-order valence-electron chi connectivity index (χ4n) is 1.97. The van der Waals surface area contributed by atoms with Crippen molar-refractivity contribution >= 4 is 22.6 Å². The number of nitrogens with one attached hydrogen (secondary N) is 1. The Balaban J connectivity index is 2.28. The number of hydrogen-bond acceptors (Lipinski definition) is 4. The van der Waals surface area contributed by atoms with Crippen LogP contribution in [0.4, 0.5) is 5.82 Å². The highest BCUT2D eigenvalue weighted by Crippen LogP contribution is 2.22. The molecule has 5 heteroatoms. The van der Waals surface area contributed by atoms with Crippen molar-refractivity contribution in [2.24, 2.45) is 0 Å². The second-order valence-electron chi connectivity index (χ2n) is 4.71. The molecule has 0 amide bonds. The van der Waals surface area contributed by atoms with Crippen molar-refractivity contribution in [3.8, 4) is 0 Å². The fraction of sp³-hybridized carbons (Fsp3) is 0.333. The Morgan fingerprint density at radius 1 is 1.40 bits per heavy atom. The molecule has 2 aromatic rings. The van der Waals surface area contributed by atoms with Crippen LogP contribution in [0.1, 0.15) is 17.4 Å². The van der Waals surface area contributed by atoms with Gasteiger partial charge in [-0.15, -0.1) is 0 Å². The Hall–Kier alpha value is -2.14. The molecule has 0 aliphatic carbocycles. The molecule has 0 unspecified atom stereocenters. The lowest BCUT2D eigenvalue weighted by molar-refractivity contribution is 0.0691. The molecule has 1 aromatic carbocycles. The summed E-state index contributed by atoms with van der Waals surface area (Å²) in [6.07, 6.45) is 0. The average molecular weight is 273 g/mol. The minimum absolute atomic E-state index is 0.0649. The van der Waals surface area contributed by atoms with Gasteiger partial charge in [0.15, 0.2) is 5.69 Å². The van der Waals surface area contributed by atoms with E-state index in [4.69, 9.17) is 5.11 Å². The van der Waals surface area contributed by atoms with Crippen LogP contribution < -0.4 is 5.32 Å². The van der Waals surface area contributed by atoms with E-state index in [-0.39, 0.29) is 5.69 Å². The molecule has 0 aliphatic heterocycles. The first kappa shape index (κ1) is 14.3.